The van der Waals surface area contributed by atoms with E-state index in [0.29, 0.717) is 25.2 Å². The number of hydrogen-bond donors (Lipinski definition) is 2. The van der Waals surface area contributed by atoms with E-state index in [0.717, 1.165) is 4.68 Å². The van der Waals surface area contributed by atoms with Crippen LogP contribution in [-0.4, -0.2) is 33.2 Å². The number of pyridine rings is 1. The third kappa shape index (κ3) is 3.55. The quantitative estimate of drug-likeness (QED) is 0.716. The van der Waals surface area contributed by atoms with Gasteiger partial charge in [0.05, 0.1) is 0 Å². The van der Waals surface area contributed by atoms with E-state index in [4.69, 9.17) is 5.73 Å². The first-order valence-electron chi connectivity index (χ1n) is 5.73. The van der Waals surface area contributed by atoms with E-state index in [-0.39, 0.29) is 30.5 Å². The van der Waals surface area contributed by atoms with Gasteiger partial charge in [-0.05, 0) is 25.1 Å². The maximum Gasteiger partial charge on any atom is 0.350 e. The fraction of sp³-hybridized carbons (Fsp3) is 0.364. The lowest BCUT2D eigenvalue weighted by molar-refractivity contribution is -0.121. The summed E-state index contributed by atoms with van der Waals surface area (Å²) in [6.45, 7) is 0.955. The van der Waals surface area contributed by atoms with Crippen molar-refractivity contribution >= 4 is 24.0 Å². The van der Waals surface area contributed by atoms with Crippen LogP contribution in [-0.2, 0) is 11.3 Å². The van der Waals surface area contributed by atoms with Crippen molar-refractivity contribution < 1.29 is 4.79 Å². The standard InChI is InChI=1S/C11H15N5O2.ClH/c12-5-3-6-13-10(17)8-16-11(18)15-7-2-1-4-9(15)14-16;/h1-2,4,7H,3,5-6,8,12H2,(H,13,17);1H. The number of aromatic nitrogens is 3. The van der Waals surface area contributed by atoms with E-state index in [1.807, 2.05) is 0 Å². The molecular formula is C11H16ClN5O2. The molecule has 8 heteroatoms. The fourth-order valence-electron chi connectivity index (χ4n) is 1.59. The third-order valence-electron chi connectivity index (χ3n) is 2.48. The van der Waals surface area contributed by atoms with Gasteiger partial charge in [-0.3, -0.25) is 9.20 Å². The number of halogens is 1. The van der Waals surface area contributed by atoms with Crippen LogP contribution in [0.4, 0.5) is 0 Å². The molecule has 0 bridgehead atoms. The van der Waals surface area contributed by atoms with E-state index in [1.165, 1.54) is 4.40 Å². The third-order valence-corrected chi connectivity index (χ3v) is 2.48. The molecule has 0 saturated heterocycles. The van der Waals surface area contributed by atoms with Crippen molar-refractivity contribution in [2.75, 3.05) is 13.1 Å². The molecule has 0 atom stereocenters. The fourth-order valence-corrected chi connectivity index (χ4v) is 1.59. The summed E-state index contributed by atoms with van der Waals surface area (Å²) < 4.78 is 2.54. The highest BCUT2D eigenvalue weighted by Gasteiger charge is 2.09. The van der Waals surface area contributed by atoms with Crippen LogP contribution in [0.15, 0.2) is 29.2 Å². The van der Waals surface area contributed by atoms with Crippen molar-refractivity contribution in [1.82, 2.24) is 19.5 Å². The van der Waals surface area contributed by atoms with Crippen LogP contribution in [0.1, 0.15) is 6.42 Å². The van der Waals surface area contributed by atoms with E-state index in [9.17, 15) is 9.59 Å². The summed E-state index contributed by atoms with van der Waals surface area (Å²) >= 11 is 0. The van der Waals surface area contributed by atoms with Crippen molar-refractivity contribution in [2.24, 2.45) is 5.73 Å². The molecule has 0 fully saturated rings. The van der Waals surface area contributed by atoms with Crippen LogP contribution in [0, 0.1) is 0 Å². The van der Waals surface area contributed by atoms with Gasteiger partial charge in [0.1, 0.15) is 6.54 Å². The van der Waals surface area contributed by atoms with Gasteiger partial charge in [0, 0.05) is 12.7 Å². The monoisotopic (exact) mass is 285 g/mol. The van der Waals surface area contributed by atoms with Crippen LogP contribution in [0.5, 0.6) is 0 Å². The van der Waals surface area contributed by atoms with E-state index in [1.54, 1.807) is 24.4 Å². The van der Waals surface area contributed by atoms with Gasteiger partial charge in [0.2, 0.25) is 5.91 Å². The van der Waals surface area contributed by atoms with Crippen molar-refractivity contribution in [3.63, 3.8) is 0 Å². The number of nitrogens with one attached hydrogen (secondary N) is 1. The van der Waals surface area contributed by atoms with E-state index in [2.05, 4.69) is 10.4 Å². The van der Waals surface area contributed by atoms with Crippen molar-refractivity contribution in [3.8, 4) is 0 Å². The number of amides is 1. The molecule has 0 aliphatic heterocycles. The molecule has 1 amide bonds. The Kier molecular flexibility index (Phi) is 5.53. The van der Waals surface area contributed by atoms with Crippen molar-refractivity contribution in [2.45, 2.75) is 13.0 Å². The first-order chi connectivity index (χ1) is 8.72. The molecule has 2 heterocycles. The molecular weight excluding hydrogens is 270 g/mol. The van der Waals surface area contributed by atoms with Gasteiger partial charge in [0.25, 0.3) is 0 Å². The average Bonchev–Trinajstić information content (AvgIpc) is 2.67. The van der Waals surface area contributed by atoms with Gasteiger partial charge in [-0.1, -0.05) is 6.07 Å². The minimum atomic E-state index is -0.320. The Balaban J connectivity index is 0.00000180. The molecule has 19 heavy (non-hydrogen) atoms. The molecule has 0 aliphatic rings. The lowest BCUT2D eigenvalue weighted by atomic mass is 10.4. The number of carbonyl (C=O) groups is 1. The summed E-state index contributed by atoms with van der Waals surface area (Å²) in [5.41, 5.74) is 5.53. The maximum atomic E-state index is 11.9. The summed E-state index contributed by atoms with van der Waals surface area (Å²) in [6.07, 6.45) is 2.33. The minimum absolute atomic E-state index is 0. The highest BCUT2D eigenvalue weighted by molar-refractivity contribution is 5.85. The number of carbonyl (C=O) groups excluding carboxylic acids is 1. The molecule has 0 saturated carbocycles. The molecule has 7 nitrogen and oxygen atoms in total. The first kappa shape index (κ1) is 15.2. The van der Waals surface area contributed by atoms with E-state index >= 15 is 0 Å². The SMILES string of the molecule is Cl.NCCCNC(=O)Cn1nc2ccccn2c1=O. The summed E-state index contributed by atoms with van der Waals surface area (Å²) in [7, 11) is 0. The second-order valence-electron chi connectivity index (χ2n) is 3.86. The average molecular weight is 286 g/mol. The van der Waals surface area contributed by atoms with Gasteiger partial charge in [0.15, 0.2) is 5.65 Å². The van der Waals surface area contributed by atoms with Crippen LogP contribution in [0.3, 0.4) is 0 Å². The van der Waals surface area contributed by atoms with E-state index < -0.39 is 0 Å². The minimum Gasteiger partial charge on any atom is -0.354 e. The molecule has 2 rings (SSSR count). The molecule has 0 spiro atoms. The highest BCUT2D eigenvalue weighted by Crippen LogP contribution is 1.94. The second-order valence-corrected chi connectivity index (χ2v) is 3.86. The Hall–Kier alpha value is -1.86. The topological polar surface area (TPSA) is 94.4 Å². The molecule has 2 aromatic rings. The number of fused-ring (bicyclic) bond motifs is 1. The van der Waals surface area contributed by atoms with Crippen LogP contribution in [0.2, 0.25) is 0 Å². The number of nitrogens with zero attached hydrogens (tertiary/aromatic N) is 3. The molecule has 0 aromatic carbocycles. The maximum absolute atomic E-state index is 11.9. The normalized spacial score (nSPS) is 10.2. The molecule has 2 aromatic heterocycles. The number of nitrogens with two attached hydrogens (primary N) is 1. The number of hydrogen-bond acceptors (Lipinski definition) is 4. The second kappa shape index (κ2) is 6.91. The van der Waals surface area contributed by atoms with Crippen molar-refractivity contribution in [1.29, 1.82) is 0 Å². The van der Waals surface area contributed by atoms with Crippen LogP contribution >= 0.6 is 12.4 Å². The van der Waals surface area contributed by atoms with Gasteiger partial charge < -0.3 is 11.1 Å². The highest BCUT2D eigenvalue weighted by atomic mass is 35.5. The molecule has 0 radical (unpaired) electrons. The van der Waals surface area contributed by atoms with Gasteiger partial charge in [-0.15, -0.1) is 17.5 Å². The lowest BCUT2D eigenvalue weighted by Gasteiger charge is -2.02. The van der Waals surface area contributed by atoms with Gasteiger partial charge in [-0.2, -0.15) is 0 Å². The molecule has 104 valence electrons. The Labute approximate surface area is 115 Å². The van der Waals surface area contributed by atoms with Crippen LogP contribution < -0.4 is 16.7 Å². The Morgan fingerprint density at radius 2 is 2.21 bits per heavy atom. The predicted molar refractivity (Wildman–Crippen MR) is 73.4 cm³/mol. The predicted octanol–water partition coefficient (Wildman–Crippen LogP) is -0.617. The Morgan fingerprint density at radius 3 is 2.89 bits per heavy atom. The largest absolute Gasteiger partial charge is 0.354 e. The molecule has 0 aliphatic carbocycles. The summed E-state index contributed by atoms with van der Waals surface area (Å²) in [5, 5.41) is 6.74. The number of rotatable bonds is 5. The Morgan fingerprint density at radius 1 is 1.42 bits per heavy atom. The zero-order valence-electron chi connectivity index (χ0n) is 10.3. The molecule has 3 N–H and O–H groups in total. The first-order valence-corrected chi connectivity index (χ1v) is 5.73. The van der Waals surface area contributed by atoms with Crippen LogP contribution in [0.25, 0.3) is 5.65 Å². The molecule has 0 unspecified atom stereocenters. The summed E-state index contributed by atoms with van der Waals surface area (Å²) in [5.74, 6) is -0.242. The van der Waals surface area contributed by atoms with Crippen molar-refractivity contribution in [3.05, 3.63) is 34.9 Å². The smallest absolute Gasteiger partial charge is 0.350 e. The zero-order valence-corrected chi connectivity index (χ0v) is 11.1. The van der Waals surface area contributed by atoms with Gasteiger partial charge in [-0.25, -0.2) is 9.48 Å². The van der Waals surface area contributed by atoms with Gasteiger partial charge >= 0.3 is 5.69 Å². The zero-order chi connectivity index (χ0) is 13.0. The lowest BCUT2D eigenvalue weighted by Crippen LogP contribution is -2.33. The summed E-state index contributed by atoms with van der Waals surface area (Å²) in [6, 6.07) is 5.24. The summed E-state index contributed by atoms with van der Waals surface area (Å²) in [4.78, 5) is 23.4. The Bertz CT molecular complexity index is 606.